The quantitative estimate of drug-likeness (QED) is 0.415. The van der Waals surface area contributed by atoms with Gasteiger partial charge in [0.15, 0.2) is 6.10 Å². The molecule has 1 heterocycles. The standard InChI is InChI=1S/C24H23FN2O4/c1-30-21-10-6-19(7-11-21)24(29)27-14-2-3-22(28)31-23(18-12-15-26-16-13-18)17-4-8-20(25)9-5-17/h4-13,15-16,23H,2-3,14H2,1H3,(H,27,29)/t23-/m1/s1. The molecule has 160 valence electrons. The number of carbonyl (C=O) groups is 2. The number of pyridine rings is 1. The number of amides is 1. The number of aromatic nitrogens is 1. The summed E-state index contributed by atoms with van der Waals surface area (Å²) in [6.45, 7) is 0.330. The van der Waals surface area contributed by atoms with Gasteiger partial charge in [-0.2, -0.15) is 0 Å². The molecule has 31 heavy (non-hydrogen) atoms. The lowest BCUT2D eigenvalue weighted by molar-refractivity contribution is -0.147. The molecule has 6 nitrogen and oxygen atoms in total. The SMILES string of the molecule is COc1ccc(C(=O)NCCCC(=O)O[C@@H](c2ccncc2)c2ccc(F)cc2)cc1. The van der Waals surface area contributed by atoms with Crippen LogP contribution in [0.4, 0.5) is 4.39 Å². The highest BCUT2D eigenvalue weighted by Crippen LogP contribution is 2.26. The van der Waals surface area contributed by atoms with Crippen LogP contribution in [0.15, 0.2) is 73.1 Å². The Hall–Kier alpha value is -3.74. The highest BCUT2D eigenvalue weighted by Gasteiger charge is 2.19. The summed E-state index contributed by atoms with van der Waals surface area (Å²) in [4.78, 5) is 28.6. The lowest BCUT2D eigenvalue weighted by Gasteiger charge is -2.19. The van der Waals surface area contributed by atoms with Gasteiger partial charge in [-0.1, -0.05) is 12.1 Å². The van der Waals surface area contributed by atoms with Gasteiger partial charge in [-0.3, -0.25) is 14.6 Å². The molecule has 0 aliphatic carbocycles. The van der Waals surface area contributed by atoms with Gasteiger partial charge in [0, 0.05) is 36.5 Å². The van der Waals surface area contributed by atoms with Crippen LogP contribution in [-0.4, -0.2) is 30.5 Å². The van der Waals surface area contributed by atoms with E-state index in [4.69, 9.17) is 9.47 Å². The highest BCUT2D eigenvalue weighted by molar-refractivity contribution is 5.94. The van der Waals surface area contributed by atoms with Crippen molar-refractivity contribution in [2.45, 2.75) is 18.9 Å². The van der Waals surface area contributed by atoms with Gasteiger partial charge in [0.25, 0.3) is 5.91 Å². The van der Waals surface area contributed by atoms with Crippen LogP contribution in [0.1, 0.15) is 40.4 Å². The fraction of sp³-hybridized carbons (Fsp3) is 0.208. The zero-order valence-electron chi connectivity index (χ0n) is 17.1. The molecule has 1 atom stereocenters. The number of hydrogen-bond acceptors (Lipinski definition) is 5. The maximum atomic E-state index is 13.3. The maximum Gasteiger partial charge on any atom is 0.306 e. The molecule has 0 bridgehead atoms. The average Bonchev–Trinajstić information content (AvgIpc) is 2.81. The van der Waals surface area contributed by atoms with Gasteiger partial charge in [0.1, 0.15) is 11.6 Å². The van der Waals surface area contributed by atoms with Gasteiger partial charge >= 0.3 is 5.97 Å². The van der Waals surface area contributed by atoms with Crippen molar-refractivity contribution in [3.05, 3.63) is 95.6 Å². The third kappa shape index (κ3) is 6.37. The number of benzene rings is 2. The second-order valence-corrected chi connectivity index (χ2v) is 6.79. The van der Waals surface area contributed by atoms with E-state index in [2.05, 4.69) is 10.3 Å². The second kappa shape index (κ2) is 10.9. The van der Waals surface area contributed by atoms with Crippen molar-refractivity contribution >= 4 is 11.9 Å². The number of esters is 1. The molecule has 1 amide bonds. The summed E-state index contributed by atoms with van der Waals surface area (Å²) in [5, 5.41) is 2.78. The monoisotopic (exact) mass is 422 g/mol. The van der Waals surface area contributed by atoms with E-state index in [0.29, 0.717) is 29.8 Å². The first-order valence-electron chi connectivity index (χ1n) is 9.84. The minimum absolute atomic E-state index is 0.131. The number of ether oxygens (including phenoxy) is 2. The summed E-state index contributed by atoms with van der Waals surface area (Å²) in [7, 11) is 1.56. The van der Waals surface area contributed by atoms with Crippen molar-refractivity contribution in [3.8, 4) is 5.75 Å². The van der Waals surface area contributed by atoms with E-state index in [-0.39, 0.29) is 18.1 Å². The van der Waals surface area contributed by atoms with Crippen molar-refractivity contribution in [2.24, 2.45) is 0 Å². The number of hydrogen-bond donors (Lipinski definition) is 1. The first-order chi connectivity index (χ1) is 15.1. The minimum Gasteiger partial charge on any atom is -0.497 e. The maximum absolute atomic E-state index is 13.3. The molecule has 0 spiro atoms. The molecule has 1 N–H and O–H groups in total. The third-order valence-corrected chi connectivity index (χ3v) is 4.63. The first-order valence-corrected chi connectivity index (χ1v) is 9.84. The number of carbonyl (C=O) groups excluding carboxylic acids is 2. The van der Waals surface area contributed by atoms with Gasteiger partial charge in [-0.05, 0) is 60.5 Å². The molecule has 0 radical (unpaired) electrons. The molecule has 0 unspecified atom stereocenters. The predicted octanol–water partition coefficient (Wildman–Crippen LogP) is 4.07. The van der Waals surface area contributed by atoms with Gasteiger partial charge in [-0.25, -0.2) is 4.39 Å². The number of rotatable bonds is 9. The zero-order chi connectivity index (χ0) is 22.1. The molecule has 0 aliphatic rings. The van der Waals surface area contributed by atoms with E-state index in [1.807, 2.05) is 0 Å². The van der Waals surface area contributed by atoms with Gasteiger partial charge in [-0.15, -0.1) is 0 Å². The van der Waals surface area contributed by atoms with Crippen LogP contribution in [0.2, 0.25) is 0 Å². The molecule has 7 heteroatoms. The summed E-state index contributed by atoms with van der Waals surface area (Å²) in [5.74, 6) is -0.331. The van der Waals surface area contributed by atoms with Crippen LogP contribution in [0.5, 0.6) is 5.75 Å². The first kappa shape index (κ1) is 22.0. The normalized spacial score (nSPS) is 11.4. The van der Waals surface area contributed by atoms with Crippen LogP contribution >= 0.6 is 0 Å². The Bertz CT molecular complexity index is 992. The summed E-state index contributed by atoms with van der Waals surface area (Å²) < 4.78 is 24.0. The Morgan fingerprint density at radius 2 is 1.61 bits per heavy atom. The molecule has 0 saturated carbocycles. The number of halogens is 1. The van der Waals surface area contributed by atoms with Crippen molar-refractivity contribution < 1.29 is 23.5 Å². The number of nitrogens with zero attached hydrogens (tertiary/aromatic N) is 1. The third-order valence-electron chi connectivity index (χ3n) is 4.63. The Kier molecular flexibility index (Phi) is 7.70. The molecule has 0 aliphatic heterocycles. The smallest absolute Gasteiger partial charge is 0.306 e. The largest absolute Gasteiger partial charge is 0.497 e. The summed E-state index contributed by atoms with van der Waals surface area (Å²) in [6.07, 6.45) is 3.10. The Balaban J connectivity index is 1.52. The van der Waals surface area contributed by atoms with Crippen molar-refractivity contribution in [2.75, 3.05) is 13.7 Å². The Labute approximate surface area is 180 Å². The summed E-state index contributed by atoms with van der Waals surface area (Å²) in [6, 6.07) is 16.1. The zero-order valence-corrected chi connectivity index (χ0v) is 17.1. The molecular weight excluding hydrogens is 399 g/mol. The Morgan fingerprint density at radius 1 is 0.968 bits per heavy atom. The van der Waals surface area contributed by atoms with Crippen LogP contribution in [0, 0.1) is 5.82 Å². The van der Waals surface area contributed by atoms with Crippen molar-refractivity contribution in [1.29, 1.82) is 0 Å². The van der Waals surface area contributed by atoms with Crippen molar-refractivity contribution in [1.82, 2.24) is 10.3 Å². The molecule has 2 aromatic carbocycles. The fourth-order valence-electron chi connectivity index (χ4n) is 2.97. The molecule has 1 aromatic heterocycles. The molecule has 0 fully saturated rings. The predicted molar refractivity (Wildman–Crippen MR) is 113 cm³/mol. The van der Waals surface area contributed by atoms with Crippen LogP contribution < -0.4 is 10.1 Å². The van der Waals surface area contributed by atoms with E-state index >= 15 is 0 Å². The molecular formula is C24H23FN2O4. The lowest BCUT2D eigenvalue weighted by Crippen LogP contribution is -2.25. The topological polar surface area (TPSA) is 77.5 Å². The van der Waals surface area contributed by atoms with Gasteiger partial charge in [0.2, 0.25) is 0 Å². The summed E-state index contributed by atoms with van der Waals surface area (Å²) in [5.41, 5.74) is 1.91. The van der Waals surface area contributed by atoms with E-state index in [0.717, 1.165) is 5.56 Å². The molecule has 0 saturated heterocycles. The van der Waals surface area contributed by atoms with E-state index in [1.165, 1.54) is 12.1 Å². The van der Waals surface area contributed by atoms with E-state index < -0.39 is 12.1 Å². The van der Waals surface area contributed by atoms with Crippen LogP contribution in [-0.2, 0) is 9.53 Å². The second-order valence-electron chi connectivity index (χ2n) is 6.79. The highest BCUT2D eigenvalue weighted by atomic mass is 19.1. The van der Waals surface area contributed by atoms with Crippen molar-refractivity contribution in [3.63, 3.8) is 0 Å². The van der Waals surface area contributed by atoms with Gasteiger partial charge < -0.3 is 14.8 Å². The van der Waals surface area contributed by atoms with E-state index in [9.17, 15) is 14.0 Å². The number of methoxy groups -OCH3 is 1. The molecule has 3 aromatic rings. The molecule has 3 rings (SSSR count). The van der Waals surface area contributed by atoms with Crippen LogP contribution in [0.3, 0.4) is 0 Å². The average molecular weight is 422 g/mol. The fourth-order valence-corrected chi connectivity index (χ4v) is 2.97. The minimum atomic E-state index is -0.662. The summed E-state index contributed by atoms with van der Waals surface area (Å²) >= 11 is 0. The van der Waals surface area contributed by atoms with Crippen LogP contribution in [0.25, 0.3) is 0 Å². The van der Waals surface area contributed by atoms with Gasteiger partial charge in [0.05, 0.1) is 7.11 Å². The number of nitrogens with one attached hydrogen (secondary N) is 1. The van der Waals surface area contributed by atoms with E-state index in [1.54, 1.807) is 68.0 Å². The lowest BCUT2D eigenvalue weighted by atomic mass is 10.0. The Morgan fingerprint density at radius 3 is 2.26 bits per heavy atom.